The van der Waals surface area contributed by atoms with Crippen molar-refractivity contribution in [1.29, 1.82) is 0 Å². The molecule has 2 rings (SSSR count). The topological polar surface area (TPSA) is 42.2 Å². The highest BCUT2D eigenvalue weighted by molar-refractivity contribution is 8.13. The standard InChI is InChI=1S/C12H20N4S/c1-9-8-17-12(15-11(9)3)14-10(2)7-16-6-4-5-13-16/h4-6,9-11H,7-8H2,1-3H3,(H,14,15). The summed E-state index contributed by atoms with van der Waals surface area (Å²) in [6.07, 6.45) is 3.79. The second kappa shape index (κ2) is 5.58. The summed E-state index contributed by atoms with van der Waals surface area (Å²) in [5.74, 6) is 1.83. The summed E-state index contributed by atoms with van der Waals surface area (Å²) in [5, 5.41) is 8.75. The highest BCUT2D eigenvalue weighted by Crippen LogP contribution is 2.21. The smallest absolute Gasteiger partial charge is 0.157 e. The second-order valence-corrected chi connectivity index (χ2v) is 5.75. The van der Waals surface area contributed by atoms with Crippen molar-refractivity contribution in [2.75, 3.05) is 5.75 Å². The minimum atomic E-state index is 0.349. The lowest BCUT2D eigenvalue weighted by Gasteiger charge is -2.25. The first-order valence-corrected chi connectivity index (χ1v) is 7.08. The van der Waals surface area contributed by atoms with Crippen molar-refractivity contribution in [2.24, 2.45) is 10.9 Å². The minimum absolute atomic E-state index is 0.349. The van der Waals surface area contributed by atoms with Gasteiger partial charge >= 0.3 is 0 Å². The zero-order valence-electron chi connectivity index (χ0n) is 10.6. The molecule has 0 bridgehead atoms. The van der Waals surface area contributed by atoms with E-state index in [9.17, 15) is 0 Å². The number of thioether (sulfide) groups is 1. The molecule has 0 spiro atoms. The van der Waals surface area contributed by atoms with Gasteiger partial charge in [-0.3, -0.25) is 9.67 Å². The van der Waals surface area contributed by atoms with Gasteiger partial charge in [-0.2, -0.15) is 5.10 Å². The monoisotopic (exact) mass is 252 g/mol. The molecule has 3 unspecified atom stereocenters. The number of hydrogen-bond acceptors (Lipinski definition) is 4. The minimum Gasteiger partial charge on any atom is -0.361 e. The van der Waals surface area contributed by atoms with Gasteiger partial charge in [0, 0.05) is 24.2 Å². The van der Waals surface area contributed by atoms with Crippen molar-refractivity contribution in [2.45, 2.75) is 39.4 Å². The fourth-order valence-electron chi connectivity index (χ4n) is 1.72. The van der Waals surface area contributed by atoms with Crippen molar-refractivity contribution in [1.82, 2.24) is 15.1 Å². The fourth-order valence-corrected chi connectivity index (χ4v) is 2.95. The van der Waals surface area contributed by atoms with Crippen LogP contribution < -0.4 is 5.32 Å². The summed E-state index contributed by atoms with van der Waals surface area (Å²) in [6.45, 7) is 7.47. The average Bonchev–Trinajstić information content (AvgIpc) is 2.76. The van der Waals surface area contributed by atoms with Crippen LogP contribution >= 0.6 is 11.8 Å². The third-order valence-electron chi connectivity index (χ3n) is 3.02. The average molecular weight is 252 g/mol. The molecular formula is C12H20N4S. The fraction of sp³-hybridized carbons (Fsp3) is 0.667. The summed E-state index contributed by atoms with van der Waals surface area (Å²) < 4.78 is 1.94. The van der Waals surface area contributed by atoms with E-state index in [-0.39, 0.29) is 0 Å². The molecule has 5 heteroatoms. The molecule has 3 atom stereocenters. The van der Waals surface area contributed by atoms with Crippen LogP contribution in [-0.4, -0.2) is 32.8 Å². The molecule has 1 aliphatic rings. The summed E-state index contributed by atoms with van der Waals surface area (Å²) in [4.78, 5) is 4.67. The van der Waals surface area contributed by atoms with Gasteiger partial charge in [0.1, 0.15) is 0 Å². The molecule has 1 aromatic heterocycles. The number of nitrogens with zero attached hydrogens (tertiary/aromatic N) is 3. The second-order valence-electron chi connectivity index (χ2n) is 4.74. The number of hydrogen-bond donors (Lipinski definition) is 1. The van der Waals surface area contributed by atoms with Crippen molar-refractivity contribution < 1.29 is 0 Å². The largest absolute Gasteiger partial charge is 0.361 e. The molecule has 1 N–H and O–H groups in total. The van der Waals surface area contributed by atoms with Crippen LogP contribution in [0, 0.1) is 5.92 Å². The van der Waals surface area contributed by atoms with Gasteiger partial charge in [-0.1, -0.05) is 18.7 Å². The highest BCUT2D eigenvalue weighted by Gasteiger charge is 2.20. The van der Waals surface area contributed by atoms with E-state index < -0.39 is 0 Å². The van der Waals surface area contributed by atoms with Gasteiger partial charge in [0.2, 0.25) is 0 Å². The zero-order chi connectivity index (χ0) is 12.3. The summed E-state index contributed by atoms with van der Waals surface area (Å²) in [5.41, 5.74) is 0. The maximum atomic E-state index is 4.67. The van der Waals surface area contributed by atoms with E-state index >= 15 is 0 Å². The molecule has 0 amide bonds. The third-order valence-corrected chi connectivity index (χ3v) is 4.21. The summed E-state index contributed by atoms with van der Waals surface area (Å²) in [6, 6.07) is 2.72. The van der Waals surface area contributed by atoms with Crippen LogP contribution in [0.5, 0.6) is 0 Å². The van der Waals surface area contributed by atoms with Crippen molar-refractivity contribution in [3.8, 4) is 0 Å². The van der Waals surface area contributed by atoms with Gasteiger partial charge in [-0.05, 0) is 25.8 Å². The maximum Gasteiger partial charge on any atom is 0.157 e. The molecule has 1 aliphatic heterocycles. The molecule has 1 aromatic rings. The molecule has 4 nitrogen and oxygen atoms in total. The van der Waals surface area contributed by atoms with Gasteiger partial charge in [0.15, 0.2) is 5.17 Å². The van der Waals surface area contributed by atoms with Crippen LogP contribution in [0.1, 0.15) is 20.8 Å². The molecular weight excluding hydrogens is 232 g/mol. The molecule has 0 radical (unpaired) electrons. The Morgan fingerprint density at radius 2 is 2.41 bits per heavy atom. The van der Waals surface area contributed by atoms with Crippen molar-refractivity contribution in [3.63, 3.8) is 0 Å². The summed E-state index contributed by atoms with van der Waals surface area (Å²) >= 11 is 1.83. The Morgan fingerprint density at radius 1 is 1.59 bits per heavy atom. The summed E-state index contributed by atoms with van der Waals surface area (Å²) in [7, 11) is 0. The van der Waals surface area contributed by atoms with Gasteiger partial charge in [-0.15, -0.1) is 0 Å². The number of aliphatic imine (C=N–C) groups is 1. The number of aromatic nitrogens is 2. The van der Waals surface area contributed by atoms with E-state index in [2.05, 4.69) is 36.2 Å². The molecule has 94 valence electrons. The number of amidine groups is 1. The van der Waals surface area contributed by atoms with E-state index in [4.69, 9.17) is 0 Å². The first kappa shape index (κ1) is 12.5. The molecule has 2 heterocycles. The highest BCUT2D eigenvalue weighted by atomic mass is 32.2. The van der Waals surface area contributed by atoms with Crippen molar-refractivity contribution >= 4 is 16.9 Å². The van der Waals surface area contributed by atoms with Crippen molar-refractivity contribution in [3.05, 3.63) is 18.5 Å². The lowest BCUT2D eigenvalue weighted by molar-refractivity contribution is 0.498. The molecule has 17 heavy (non-hydrogen) atoms. The Bertz CT molecular complexity index is 374. The maximum absolute atomic E-state index is 4.67. The van der Waals surface area contributed by atoms with Crippen LogP contribution in [-0.2, 0) is 6.54 Å². The van der Waals surface area contributed by atoms with Crippen LogP contribution in [0.2, 0.25) is 0 Å². The van der Waals surface area contributed by atoms with Gasteiger partial charge < -0.3 is 5.32 Å². The third kappa shape index (κ3) is 3.49. The van der Waals surface area contributed by atoms with Gasteiger partial charge in [-0.25, -0.2) is 0 Å². The Morgan fingerprint density at radius 3 is 3.06 bits per heavy atom. The first-order valence-electron chi connectivity index (χ1n) is 6.09. The SMILES string of the molecule is CC(Cn1cccn1)NC1=NC(C)C(C)CS1. The predicted molar refractivity (Wildman–Crippen MR) is 73.3 cm³/mol. The van der Waals surface area contributed by atoms with E-state index in [0.29, 0.717) is 18.0 Å². The van der Waals surface area contributed by atoms with Gasteiger partial charge in [0.25, 0.3) is 0 Å². The molecule has 0 fully saturated rings. The molecule has 0 saturated carbocycles. The Kier molecular flexibility index (Phi) is 4.10. The number of nitrogens with one attached hydrogen (secondary N) is 1. The van der Waals surface area contributed by atoms with E-state index in [1.165, 1.54) is 0 Å². The van der Waals surface area contributed by atoms with E-state index in [1.54, 1.807) is 0 Å². The molecule has 0 aliphatic carbocycles. The normalized spacial score (nSPS) is 26.4. The lowest BCUT2D eigenvalue weighted by Crippen LogP contribution is -2.37. The first-order chi connectivity index (χ1) is 8.15. The quantitative estimate of drug-likeness (QED) is 0.894. The number of rotatable bonds is 3. The van der Waals surface area contributed by atoms with Gasteiger partial charge in [0.05, 0.1) is 12.6 Å². The Labute approximate surface area is 107 Å². The van der Waals surface area contributed by atoms with E-state index in [1.807, 2.05) is 34.9 Å². The zero-order valence-corrected chi connectivity index (χ0v) is 11.4. The lowest BCUT2D eigenvalue weighted by atomic mass is 10.1. The van der Waals surface area contributed by atoms with Crippen LogP contribution in [0.3, 0.4) is 0 Å². The van der Waals surface area contributed by atoms with Crippen LogP contribution in [0.4, 0.5) is 0 Å². The molecule has 0 saturated heterocycles. The van der Waals surface area contributed by atoms with Crippen LogP contribution in [0.15, 0.2) is 23.5 Å². The predicted octanol–water partition coefficient (Wildman–Crippen LogP) is 1.99. The Balaban J connectivity index is 1.86. The Hall–Kier alpha value is -0.970. The molecule has 0 aromatic carbocycles. The van der Waals surface area contributed by atoms with Crippen LogP contribution in [0.25, 0.3) is 0 Å². The van der Waals surface area contributed by atoms with E-state index in [0.717, 1.165) is 17.5 Å².